The Morgan fingerprint density at radius 2 is 1.82 bits per heavy atom. The van der Waals surface area contributed by atoms with Crippen LogP contribution in [-0.4, -0.2) is 45.1 Å². The van der Waals surface area contributed by atoms with Crippen LogP contribution in [0.1, 0.15) is 28.8 Å². The smallest absolute Gasteiger partial charge is 0.167 e. The van der Waals surface area contributed by atoms with Gasteiger partial charge in [0, 0.05) is 30.1 Å². The predicted molar refractivity (Wildman–Crippen MR) is 105 cm³/mol. The normalized spacial score (nSPS) is 17.2. The van der Waals surface area contributed by atoms with Crippen LogP contribution < -0.4 is 14.2 Å². The molecule has 0 unspecified atom stereocenters. The molecule has 1 aliphatic heterocycles. The van der Waals surface area contributed by atoms with Gasteiger partial charge in [-0.15, -0.1) is 0 Å². The lowest BCUT2D eigenvalue weighted by Gasteiger charge is -2.32. The summed E-state index contributed by atoms with van der Waals surface area (Å²) in [7, 11) is 4.69. The molecule has 150 valence electrons. The van der Waals surface area contributed by atoms with Gasteiger partial charge in [0.15, 0.2) is 17.3 Å². The number of ketones is 1. The lowest BCUT2D eigenvalue weighted by atomic mass is 9.89. The van der Waals surface area contributed by atoms with Crippen molar-refractivity contribution in [2.24, 2.45) is 5.92 Å². The maximum atomic E-state index is 14.0. The second-order valence-corrected chi connectivity index (χ2v) is 6.97. The van der Waals surface area contributed by atoms with Crippen LogP contribution >= 0.6 is 0 Å². The number of Topliss-reactive ketones (excluding diaryl/α,β-unsaturated/α-hetero) is 1. The minimum atomic E-state index is -0.512. The van der Waals surface area contributed by atoms with Gasteiger partial charge in [0.05, 0.1) is 21.3 Å². The third-order valence-electron chi connectivity index (χ3n) is 5.19. The Labute approximate surface area is 165 Å². The van der Waals surface area contributed by atoms with E-state index in [0.29, 0.717) is 18.7 Å². The van der Waals surface area contributed by atoms with Crippen LogP contribution in [0.25, 0.3) is 0 Å². The number of hydrogen-bond donors (Lipinski definition) is 0. The number of likely N-dealkylation sites (tertiary alicyclic amines) is 1. The number of nitrogens with zero attached hydrogens (tertiary/aromatic N) is 1. The molecule has 1 fully saturated rings. The highest BCUT2D eigenvalue weighted by atomic mass is 19.1. The maximum absolute atomic E-state index is 14.0. The summed E-state index contributed by atoms with van der Waals surface area (Å²) in [6.45, 7) is 2.20. The van der Waals surface area contributed by atoms with Gasteiger partial charge in [0.25, 0.3) is 0 Å². The molecule has 0 aliphatic carbocycles. The highest BCUT2D eigenvalue weighted by Gasteiger charge is 2.27. The topological polar surface area (TPSA) is 48.0 Å². The van der Waals surface area contributed by atoms with Crippen LogP contribution in [0.5, 0.6) is 17.2 Å². The standard InChI is InChI=1S/C22H26FNO4/c1-26-18-7-9-20(27-2)17(11-18)14-24-10-4-5-16(13-24)22(25)15-6-8-21(28-3)19(23)12-15/h6-9,11-12,16H,4-5,10,13-14H2,1-3H3/t16-/m1/s1. The van der Waals surface area contributed by atoms with Gasteiger partial charge < -0.3 is 14.2 Å². The first kappa shape index (κ1) is 20.1. The lowest BCUT2D eigenvalue weighted by Crippen LogP contribution is -2.38. The zero-order valence-corrected chi connectivity index (χ0v) is 16.5. The molecule has 0 radical (unpaired) electrons. The number of benzene rings is 2. The summed E-state index contributed by atoms with van der Waals surface area (Å²) < 4.78 is 29.7. The number of carbonyl (C=O) groups is 1. The molecule has 1 saturated heterocycles. The second-order valence-electron chi connectivity index (χ2n) is 6.97. The molecule has 0 aromatic heterocycles. The molecule has 2 aromatic rings. The summed E-state index contributed by atoms with van der Waals surface area (Å²) in [6, 6.07) is 10.1. The molecule has 5 nitrogen and oxygen atoms in total. The zero-order chi connectivity index (χ0) is 20.1. The van der Waals surface area contributed by atoms with Crippen molar-refractivity contribution < 1.29 is 23.4 Å². The van der Waals surface area contributed by atoms with Gasteiger partial charge in [-0.25, -0.2) is 4.39 Å². The summed E-state index contributed by atoms with van der Waals surface area (Å²) in [6.07, 6.45) is 1.72. The van der Waals surface area contributed by atoms with Crippen molar-refractivity contribution in [3.8, 4) is 17.2 Å². The SMILES string of the molecule is COc1ccc(OC)c(CN2CCC[C@@H](C(=O)c3ccc(OC)c(F)c3)C2)c1. The van der Waals surface area contributed by atoms with E-state index in [1.165, 1.54) is 19.2 Å². The summed E-state index contributed by atoms with van der Waals surface area (Å²) in [5, 5.41) is 0. The quantitative estimate of drug-likeness (QED) is 0.674. The summed E-state index contributed by atoms with van der Waals surface area (Å²) in [5.74, 6) is 1.02. The van der Waals surface area contributed by atoms with Crippen molar-refractivity contribution >= 4 is 5.78 Å². The first-order valence-electron chi connectivity index (χ1n) is 9.36. The Morgan fingerprint density at radius 1 is 1.07 bits per heavy atom. The number of carbonyl (C=O) groups excluding carboxylic acids is 1. The van der Waals surface area contributed by atoms with E-state index in [2.05, 4.69) is 4.90 Å². The third-order valence-corrected chi connectivity index (χ3v) is 5.19. The Kier molecular flexibility index (Phi) is 6.52. The fourth-order valence-electron chi connectivity index (χ4n) is 3.71. The molecule has 2 aromatic carbocycles. The molecule has 1 aliphatic rings. The summed E-state index contributed by atoms with van der Waals surface area (Å²) >= 11 is 0. The number of hydrogen-bond acceptors (Lipinski definition) is 5. The van der Waals surface area contributed by atoms with Crippen molar-refractivity contribution in [3.63, 3.8) is 0 Å². The van der Waals surface area contributed by atoms with Gasteiger partial charge in [0.2, 0.25) is 0 Å². The maximum Gasteiger partial charge on any atom is 0.167 e. The average molecular weight is 387 g/mol. The molecule has 6 heteroatoms. The minimum absolute atomic E-state index is 0.0242. The van der Waals surface area contributed by atoms with Crippen molar-refractivity contribution in [2.75, 3.05) is 34.4 Å². The number of ether oxygens (including phenoxy) is 3. The van der Waals surface area contributed by atoms with Gasteiger partial charge in [-0.2, -0.15) is 0 Å². The van der Waals surface area contributed by atoms with Crippen LogP contribution in [0.15, 0.2) is 36.4 Å². The molecule has 0 spiro atoms. The van der Waals surface area contributed by atoms with E-state index in [9.17, 15) is 9.18 Å². The predicted octanol–water partition coefficient (Wildman–Crippen LogP) is 3.95. The molecule has 0 bridgehead atoms. The van der Waals surface area contributed by atoms with E-state index >= 15 is 0 Å². The van der Waals surface area contributed by atoms with Gasteiger partial charge >= 0.3 is 0 Å². The largest absolute Gasteiger partial charge is 0.497 e. The average Bonchev–Trinajstić information content (AvgIpc) is 2.73. The van der Waals surface area contributed by atoms with E-state index in [-0.39, 0.29) is 17.5 Å². The van der Waals surface area contributed by atoms with Crippen LogP contribution in [-0.2, 0) is 6.54 Å². The molecule has 1 atom stereocenters. The Morgan fingerprint density at radius 3 is 2.50 bits per heavy atom. The molecule has 28 heavy (non-hydrogen) atoms. The van der Waals surface area contributed by atoms with Crippen molar-refractivity contribution in [2.45, 2.75) is 19.4 Å². The van der Waals surface area contributed by atoms with E-state index in [1.807, 2.05) is 18.2 Å². The van der Waals surface area contributed by atoms with Gasteiger partial charge in [0.1, 0.15) is 11.5 Å². The Hall–Kier alpha value is -2.60. The van der Waals surface area contributed by atoms with Gasteiger partial charge in [-0.05, 0) is 55.8 Å². The van der Waals surface area contributed by atoms with Crippen molar-refractivity contribution in [1.29, 1.82) is 0 Å². The van der Waals surface area contributed by atoms with Gasteiger partial charge in [-0.3, -0.25) is 9.69 Å². The lowest BCUT2D eigenvalue weighted by molar-refractivity contribution is 0.0810. The monoisotopic (exact) mass is 387 g/mol. The third kappa shape index (κ3) is 4.44. The van der Waals surface area contributed by atoms with E-state index in [0.717, 1.165) is 36.4 Å². The Bertz CT molecular complexity index is 839. The molecule has 0 N–H and O–H groups in total. The number of methoxy groups -OCH3 is 3. The van der Waals surface area contributed by atoms with E-state index in [1.54, 1.807) is 20.3 Å². The zero-order valence-electron chi connectivity index (χ0n) is 16.5. The van der Waals surface area contributed by atoms with Gasteiger partial charge in [-0.1, -0.05) is 0 Å². The van der Waals surface area contributed by atoms with Crippen LogP contribution in [0.2, 0.25) is 0 Å². The molecular weight excluding hydrogens is 361 g/mol. The second kappa shape index (κ2) is 9.06. The molecule has 0 amide bonds. The fraction of sp³-hybridized carbons (Fsp3) is 0.409. The first-order chi connectivity index (χ1) is 13.5. The van der Waals surface area contributed by atoms with Crippen molar-refractivity contribution in [1.82, 2.24) is 4.90 Å². The summed E-state index contributed by atoms with van der Waals surface area (Å²) in [4.78, 5) is 15.1. The molecular formula is C22H26FNO4. The molecule has 3 rings (SSSR count). The number of piperidine rings is 1. The highest BCUT2D eigenvalue weighted by Crippen LogP contribution is 2.29. The van der Waals surface area contributed by atoms with Crippen LogP contribution in [0, 0.1) is 11.7 Å². The fourth-order valence-corrected chi connectivity index (χ4v) is 3.71. The highest BCUT2D eigenvalue weighted by molar-refractivity contribution is 5.98. The molecule has 1 heterocycles. The van der Waals surface area contributed by atoms with Crippen molar-refractivity contribution in [3.05, 3.63) is 53.3 Å². The first-order valence-corrected chi connectivity index (χ1v) is 9.36. The number of rotatable bonds is 7. The van der Waals surface area contributed by atoms with E-state index in [4.69, 9.17) is 14.2 Å². The summed E-state index contributed by atoms with van der Waals surface area (Å²) in [5.41, 5.74) is 1.41. The van der Waals surface area contributed by atoms with Crippen LogP contribution in [0.3, 0.4) is 0 Å². The Balaban J connectivity index is 1.72. The number of halogens is 1. The molecule has 0 saturated carbocycles. The van der Waals surface area contributed by atoms with Crippen LogP contribution in [0.4, 0.5) is 4.39 Å². The van der Waals surface area contributed by atoms with E-state index < -0.39 is 5.82 Å². The minimum Gasteiger partial charge on any atom is -0.497 e.